The van der Waals surface area contributed by atoms with Crippen molar-refractivity contribution < 1.29 is 18.1 Å². The van der Waals surface area contributed by atoms with Crippen LogP contribution in [0.3, 0.4) is 0 Å². The lowest BCUT2D eigenvalue weighted by Gasteiger charge is -2.16. The van der Waals surface area contributed by atoms with Crippen LogP contribution in [0.25, 0.3) is 0 Å². The Morgan fingerprint density at radius 3 is 2.22 bits per heavy atom. The summed E-state index contributed by atoms with van der Waals surface area (Å²) in [6.45, 7) is 12.6. The molecule has 0 aromatic carbocycles. The molecule has 0 bridgehead atoms. The van der Waals surface area contributed by atoms with Crippen molar-refractivity contribution >= 4 is 22.6 Å². The molecule has 0 atom stereocenters. The van der Waals surface area contributed by atoms with E-state index in [4.69, 9.17) is 13.3 Å². The summed E-state index contributed by atoms with van der Waals surface area (Å²) in [5.41, 5.74) is 0. The number of hydrogen-bond donors (Lipinski definition) is 0. The highest BCUT2D eigenvalue weighted by atomic mass is 28.4. The van der Waals surface area contributed by atoms with Crippen molar-refractivity contribution in [2.45, 2.75) is 45.9 Å². The van der Waals surface area contributed by atoms with Crippen LogP contribution < -0.4 is 0 Å². The first-order valence-corrected chi connectivity index (χ1v) is 12.8. The number of carbonyl (C=O) groups excluding carboxylic acids is 1. The second-order valence-corrected chi connectivity index (χ2v) is 15.1. The van der Waals surface area contributed by atoms with Gasteiger partial charge in [-0.3, -0.25) is 0 Å². The molecular weight excluding hydrogens is 264 g/mol. The van der Waals surface area contributed by atoms with Gasteiger partial charge in [0.2, 0.25) is 14.1 Å². The zero-order chi connectivity index (χ0) is 14.0. The summed E-state index contributed by atoms with van der Waals surface area (Å²) in [4.78, 5) is 11.8. The van der Waals surface area contributed by atoms with E-state index < -0.39 is 16.6 Å². The molecule has 0 aliphatic rings. The molecule has 0 aliphatic carbocycles. The highest BCUT2D eigenvalue weighted by molar-refractivity contribution is 6.71. The van der Waals surface area contributed by atoms with Gasteiger partial charge in [-0.05, 0) is 51.4 Å². The summed E-state index contributed by atoms with van der Waals surface area (Å²) < 4.78 is 16.5. The van der Waals surface area contributed by atoms with Crippen LogP contribution in [-0.4, -0.2) is 22.6 Å². The monoisotopic (exact) mass is 286 g/mol. The fourth-order valence-electron chi connectivity index (χ4n) is 1.18. The van der Waals surface area contributed by atoms with Gasteiger partial charge in [0.15, 0.2) is 8.32 Å². The third-order valence-corrected chi connectivity index (χ3v) is 3.72. The summed E-state index contributed by atoms with van der Waals surface area (Å²) >= 11 is 0. The first-order chi connectivity index (χ1) is 8.07. The summed E-state index contributed by atoms with van der Waals surface area (Å²) in [6, 6.07) is 3.41. The zero-order valence-electron chi connectivity index (χ0n) is 12.0. The highest BCUT2D eigenvalue weighted by Gasteiger charge is 2.23. The number of carbonyl (C=O) groups is 1. The molecule has 6 heteroatoms. The molecule has 0 saturated heterocycles. The van der Waals surface area contributed by atoms with E-state index in [-0.39, 0.29) is 11.7 Å². The molecule has 0 N–H and O–H groups in total. The first kappa shape index (κ1) is 15.2. The van der Waals surface area contributed by atoms with Crippen LogP contribution in [0.15, 0.2) is 16.5 Å². The Hall–Kier alpha value is -0.856. The topological polar surface area (TPSA) is 48.7 Å². The minimum atomic E-state index is -1.88. The van der Waals surface area contributed by atoms with Crippen molar-refractivity contribution in [3.05, 3.63) is 23.7 Å². The highest BCUT2D eigenvalue weighted by Crippen LogP contribution is 2.15. The van der Waals surface area contributed by atoms with Crippen LogP contribution in [0.5, 0.6) is 0 Å². The van der Waals surface area contributed by atoms with Gasteiger partial charge >= 0.3 is 5.97 Å². The molecule has 0 amide bonds. The zero-order valence-corrected chi connectivity index (χ0v) is 14.0. The van der Waals surface area contributed by atoms with E-state index >= 15 is 0 Å². The van der Waals surface area contributed by atoms with Gasteiger partial charge < -0.3 is 13.3 Å². The van der Waals surface area contributed by atoms with Crippen LogP contribution in [-0.2, 0) is 15.5 Å². The Morgan fingerprint density at radius 2 is 1.72 bits per heavy atom. The Bertz CT molecular complexity index is 412. The van der Waals surface area contributed by atoms with Crippen molar-refractivity contribution in [3.63, 3.8) is 0 Å². The number of rotatable bonds is 5. The van der Waals surface area contributed by atoms with Gasteiger partial charge in [0.25, 0.3) is 0 Å². The number of hydrogen-bond acceptors (Lipinski definition) is 4. The van der Waals surface area contributed by atoms with Gasteiger partial charge in [0.1, 0.15) is 5.76 Å². The van der Waals surface area contributed by atoms with Crippen molar-refractivity contribution in [3.8, 4) is 0 Å². The maximum atomic E-state index is 11.8. The van der Waals surface area contributed by atoms with Crippen LogP contribution in [0.1, 0.15) is 16.3 Å². The maximum Gasteiger partial charge on any atom is 0.360 e. The van der Waals surface area contributed by atoms with E-state index in [1.807, 2.05) is 19.6 Å². The fourth-order valence-corrected chi connectivity index (χ4v) is 2.41. The molecule has 102 valence electrons. The molecule has 0 unspecified atom stereocenters. The molecule has 0 saturated carbocycles. The Balaban J connectivity index is 2.61. The SMILES string of the molecule is C[Si](C)(C)OCc1ccc(C(=O)O[Si](C)(C)C)o1. The lowest BCUT2D eigenvalue weighted by molar-refractivity contribution is 0.0686. The third-order valence-electron chi connectivity index (χ3n) is 1.91. The molecule has 0 radical (unpaired) electrons. The van der Waals surface area contributed by atoms with Crippen molar-refractivity contribution in [2.24, 2.45) is 0 Å². The van der Waals surface area contributed by atoms with E-state index in [1.165, 1.54) is 0 Å². The van der Waals surface area contributed by atoms with Crippen LogP contribution in [0.2, 0.25) is 39.3 Å². The quantitative estimate of drug-likeness (QED) is 0.776. The summed E-state index contributed by atoms with van der Waals surface area (Å²) in [6.07, 6.45) is 0. The Kier molecular flexibility index (Phi) is 4.57. The predicted octanol–water partition coefficient (Wildman–Crippen LogP) is 3.62. The van der Waals surface area contributed by atoms with Crippen molar-refractivity contribution in [2.75, 3.05) is 0 Å². The van der Waals surface area contributed by atoms with E-state index in [2.05, 4.69) is 19.6 Å². The van der Waals surface area contributed by atoms with Crippen LogP contribution >= 0.6 is 0 Å². The second-order valence-electron chi connectivity index (χ2n) is 6.17. The van der Waals surface area contributed by atoms with Gasteiger partial charge in [0, 0.05) is 0 Å². The minimum absolute atomic E-state index is 0.256. The van der Waals surface area contributed by atoms with Crippen LogP contribution in [0.4, 0.5) is 0 Å². The Labute approximate surface area is 111 Å². The molecule has 4 nitrogen and oxygen atoms in total. The third kappa shape index (κ3) is 5.66. The predicted molar refractivity (Wildman–Crippen MR) is 75.6 cm³/mol. The molecule has 0 spiro atoms. The van der Waals surface area contributed by atoms with Gasteiger partial charge in [-0.1, -0.05) is 0 Å². The van der Waals surface area contributed by atoms with Gasteiger partial charge in [0.05, 0.1) is 6.61 Å². The average molecular weight is 286 g/mol. The van der Waals surface area contributed by atoms with Crippen molar-refractivity contribution in [1.82, 2.24) is 0 Å². The molecule has 0 aliphatic heterocycles. The standard InChI is InChI=1S/C12H22O4Si2/c1-17(2,3)14-9-10-7-8-11(15-10)12(13)16-18(4,5)6/h7-8H,9H2,1-6H3. The molecule has 1 heterocycles. The van der Waals surface area contributed by atoms with Crippen molar-refractivity contribution in [1.29, 1.82) is 0 Å². The second kappa shape index (κ2) is 5.42. The lowest BCUT2D eigenvalue weighted by Crippen LogP contribution is -2.29. The molecule has 1 aromatic heterocycles. The average Bonchev–Trinajstić information content (AvgIpc) is 2.58. The molecule has 0 fully saturated rings. The molecule has 18 heavy (non-hydrogen) atoms. The molecule has 1 rings (SSSR count). The summed E-state index contributed by atoms with van der Waals surface area (Å²) in [5.74, 6) is 0.542. The summed E-state index contributed by atoms with van der Waals surface area (Å²) in [7, 11) is -3.44. The Morgan fingerprint density at radius 1 is 1.11 bits per heavy atom. The largest absolute Gasteiger partial charge is 0.514 e. The summed E-state index contributed by atoms with van der Waals surface area (Å²) in [5, 5.41) is 0. The van der Waals surface area contributed by atoms with Gasteiger partial charge in [-0.15, -0.1) is 0 Å². The van der Waals surface area contributed by atoms with Crippen LogP contribution in [0, 0.1) is 0 Å². The van der Waals surface area contributed by atoms with E-state index in [1.54, 1.807) is 12.1 Å². The smallest absolute Gasteiger partial charge is 0.360 e. The lowest BCUT2D eigenvalue weighted by atomic mass is 10.4. The molecular formula is C12H22O4Si2. The maximum absolute atomic E-state index is 11.8. The van der Waals surface area contributed by atoms with Gasteiger partial charge in [-0.25, -0.2) is 4.79 Å². The fraction of sp³-hybridized carbons (Fsp3) is 0.583. The first-order valence-electron chi connectivity index (χ1n) is 6.03. The van der Waals surface area contributed by atoms with E-state index in [9.17, 15) is 4.79 Å². The molecule has 1 aromatic rings. The van der Waals surface area contributed by atoms with E-state index in [0.717, 1.165) is 0 Å². The number of furan rings is 1. The normalized spacial score (nSPS) is 12.6. The minimum Gasteiger partial charge on any atom is -0.514 e. The van der Waals surface area contributed by atoms with E-state index in [0.29, 0.717) is 12.4 Å². The van der Waals surface area contributed by atoms with Gasteiger partial charge in [-0.2, -0.15) is 0 Å².